The van der Waals surface area contributed by atoms with Crippen LogP contribution in [0.3, 0.4) is 0 Å². The molecular weight excluding hydrogens is 298 g/mol. The molecule has 2 saturated carbocycles. The molecule has 0 radical (unpaired) electrons. The smallest absolute Gasteiger partial charge is 0.224 e. The van der Waals surface area contributed by atoms with E-state index in [0.717, 1.165) is 29.0 Å². The second kappa shape index (κ2) is 6.68. The minimum absolute atomic E-state index is 0.143. The van der Waals surface area contributed by atoms with Gasteiger partial charge in [-0.2, -0.15) is 0 Å². The van der Waals surface area contributed by atoms with Crippen molar-refractivity contribution in [2.75, 3.05) is 5.32 Å². The van der Waals surface area contributed by atoms with E-state index in [2.05, 4.69) is 5.32 Å². The van der Waals surface area contributed by atoms with Crippen LogP contribution < -0.4 is 10.1 Å². The van der Waals surface area contributed by atoms with Gasteiger partial charge in [-0.15, -0.1) is 0 Å². The lowest BCUT2D eigenvalue weighted by Crippen LogP contribution is -2.20. The largest absolute Gasteiger partial charge is 0.457 e. The molecule has 1 amide bonds. The molecule has 124 valence electrons. The second-order valence-corrected chi connectivity index (χ2v) is 7.13. The number of anilines is 1. The monoisotopic (exact) mass is 321 g/mol. The van der Waals surface area contributed by atoms with Crippen molar-refractivity contribution in [3.63, 3.8) is 0 Å². The van der Waals surface area contributed by atoms with Crippen LogP contribution in [0, 0.1) is 17.8 Å². The fourth-order valence-corrected chi connectivity index (χ4v) is 4.31. The van der Waals surface area contributed by atoms with Crippen LogP contribution in [0.15, 0.2) is 54.6 Å². The Bertz CT molecular complexity index is 696. The normalized spacial score (nSPS) is 24.8. The van der Waals surface area contributed by atoms with Crippen molar-refractivity contribution >= 4 is 11.6 Å². The highest BCUT2D eigenvalue weighted by molar-refractivity contribution is 5.90. The maximum atomic E-state index is 12.3. The molecule has 3 unspecified atom stereocenters. The highest BCUT2D eigenvalue weighted by Crippen LogP contribution is 2.49. The first-order chi connectivity index (χ1) is 11.8. The van der Waals surface area contributed by atoms with E-state index in [0.29, 0.717) is 12.3 Å². The molecule has 0 aliphatic heterocycles. The van der Waals surface area contributed by atoms with E-state index in [4.69, 9.17) is 4.74 Å². The summed E-state index contributed by atoms with van der Waals surface area (Å²) in [7, 11) is 0. The average molecular weight is 321 g/mol. The molecule has 3 atom stereocenters. The van der Waals surface area contributed by atoms with Gasteiger partial charge in [0.05, 0.1) is 0 Å². The number of nitrogens with one attached hydrogen (secondary N) is 1. The summed E-state index contributed by atoms with van der Waals surface area (Å²) in [4.78, 5) is 12.3. The van der Waals surface area contributed by atoms with Crippen molar-refractivity contribution in [3.8, 4) is 11.5 Å². The molecule has 2 aromatic rings. The van der Waals surface area contributed by atoms with Crippen LogP contribution in [0.1, 0.15) is 32.1 Å². The number of benzene rings is 2. The quantitative estimate of drug-likeness (QED) is 0.817. The molecule has 0 heterocycles. The van der Waals surface area contributed by atoms with Crippen molar-refractivity contribution in [3.05, 3.63) is 54.6 Å². The zero-order valence-corrected chi connectivity index (χ0v) is 13.8. The van der Waals surface area contributed by atoms with E-state index in [1.165, 1.54) is 25.7 Å². The Morgan fingerprint density at radius 2 is 1.71 bits per heavy atom. The van der Waals surface area contributed by atoms with Crippen LogP contribution in [0.4, 0.5) is 5.69 Å². The first kappa shape index (κ1) is 15.3. The van der Waals surface area contributed by atoms with Gasteiger partial charge in [0.15, 0.2) is 0 Å². The number of ether oxygens (including phenoxy) is 1. The highest BCUT2D eigenvalue weighted by Gasteiger charge is 2.40. The summed E-state index contributed by atoms with van der Waals surface area (Å²) in [5, 5.41) is 3.02. The zero-order valence-electron chi connectivity index (χ0n) is 13.8. The molecule has 2 aromatic carbocycles. The third-order valence-electron chi connectivity index (χ3n) is 5.45. The Balaban J connectivity index is 1.31. The maximum Gasteiger partial charge on any atom is 0.224 e. The number of para-hydroxylation sites is 1. The number of hydrogen-bond acceptors (Lipinski definition) is 2. The molecule has 0 saturated heterocycles. The molecule has 3 nitrogen and oxygen atoms in total. The Kier molecular flexibility index (Phi) is 4.24. The van der Waals surface area contributed by atoms with Crippen molar-refractivity contribution < 1.29 is 9.53 Å². The Morgan fingerprint density at radius 3 is 2.38 bits per heavy atom. The molecule has 3 heteroatoms. The third-order valence-corrected chi connectivity index (χ3v) is 5.45. The van der Waals surface area contributed by atoms with Gasteiger partial charge in [-0.05, 0) is 73.4 Å². The number of hydrogen-bond donors (Lipinski definition) is 1. The Morgan fingerprint density at radius 1 is 0.958 bits per heavy atom. The average Bonchev–Trinajstić information content (AvgIpc) is 3.20. The molecule has 0 aromatic heterocycles. The molecule has 24 heavy (non-hydrogen) atoms. The minimum atomic E-state index is 0.143. The number of carbonyl (C=O) groups excluding carboxylic acids is 1. The lowest BCUT2D eigenvalue weighted by Gasteiger charge is -2.20. The number of amides is 1. The molecule has 4 rings (SSSR count). The van der Waals surface area contributed by atoms with Gasteiger partial charge in [0, 0.05) is 12.1 Å². The molecule has 2 aliphatic carbocycles. The van der Waals surface area contributed by atoms with E-state index in [9.17, 15) is 4.79 Å². The molecule has 2 fully saturated rings. The second-order valence-electron chi connectivity index (χ2n) is 7.13. The highest BCUT2D eigenvalue weighted by atomic mass is 16.5. The Hall–Kier alpha value is -2.29. The summed E-state index contributed by atoms with van der Waals surface area (Å²) in [6.07, 6.45) is 5.98. The van der Waals surface area contributed by atoms with Gasteiger partial charge in [0.25, 0.3) is 0 Å². The predicted octanol–water partition coefficient (Wildman–Crippen LogP) is 5.24. The van der Waals surface area contributed by atoms with Crippen molar-refractivity contribution in [2.24, 2.45) is 17.8 Å². The molecular formula is C21H23NO2. The number of carbonyl (C=O) groups is 1. The lowest BCUT2D eigenvalue weighted by molar-refractivity contribution is -0.117. The van der Waals surface area contributed by atoms with Gasteiger partial charge in [-0.25, -0.2) is 0 Å². The fourth-order valence-electron chi connectivity index (χ4n) is 4.31. The minimum Gasteiger partial charge on any atom is -0.457 e. The van der Waals surface area contributed by atoms with Crippen molar-refractivity contribution in [1.29, 1.82) is 0 Å². The summed E-state index contributed by atoms with van der Waals surface area (Å²) in [6.45, 7) is 0. The first-order valence-corrected chi connectivity index (χ1v) is 8.89. The van der Waals surface area contributed by atoms with E-state index in [1.54, 1.807) is 0 Å². The molecule has 2 bridgehead atoms. The summed E-state index contributed by atoms with van der Waals surface area (Å²) in [6, 6.07) is 17.3. The maximum absolute atomic E-state index is 12.3. The van der Waals surface area contributed by atoms with E-state index in [-0.39, 0.29) is 5.91 Å². The van der Waals surface area contributed by atoms with Gasteiger partial charge in [-0.1, -0.05) is 24.6 Å². The van der Waals surface area contributed by atoms with Crippen LogP contribution in [0.2, 0.25) is 0 Å². The van der Waals surface area contributed by atoms with Crippen molar-refractivity contribution in [2.45, 2.75) is 32.1 Å². The summed E-state index contributed by atoms with van der Waals surface area (Å²) < 4.78 is 5.77. The van der Waals surface area contributed by atoms with Gasteiger partial charge < -0.3 is 10.1 Å². The topological polar surface area (TPSA) is 38.3 Å². The van der Waals surface area contributed by atoms with Gasteiger partial charge in [0.1, 0.15) is 11.5 Å². The lowest BCUT2D eigenvalue weighted by atomic mass is 9.86. The fraction of sp³-hybridized carbons (Fsp3) is 0.381. The summed E-state index contributed by atoms with van der Waals surface area (Å²) >= 11 is 0. The van der Waals surface area contributed by atoms with Crippen LogP contribution in [0.25, 0.3) is 0 Å². The molecule has 2 aliphatic rings. The SMILES string of the molecule is O=C(CC1CC2CCC1C2)Nc1ccc(Oc2ccccc2)cc1. The van der Waals surface area contributed by atoms with Crippen molar-refractivity contribution in [1.82, 2.24) is 0 Å². The van der Waals surface area contributed by atoms with E-state index in [1.807, 2.05) is 54.6 Å². The summed E-state index contributed by atoms with van der Waals surface area (Å²) in [5.74, 6) is 4.01. The van der Waals surface area contributed by atoms with Crippen LogP contribution in [-0.2, 0) is 4.79 Å². The van der Waals surface area contributed by atoms with E-state index >= 15 is 0 Å². The van der Waals surface area contributed by atoms with Gasteiger partial charge >= 0.3 is 0 Å². The Labute approximate surface area is 143 Å². The molecule has 0 spiro atoms. The zero-order chi connectivity index (χ0) is 16.4. The van der Waals surface area contributed by atoms with Crippen LogP contribution >= 0.6 is 0 Å². The summed E-state index contributed by atoms with van der Waals surface area (Å²) in [5.41, 5.74) is 0.837. The van der Waals surface area contributed by atoms with Gasteiger partial charge in [-0.3, -0.25) is 4.79 Å². The third kappa shape index (κ3) is 3.45. The number of rotatable bonds is 5. The molecule has 1 N–H and O–H groups in total. The van der Waals surface area contributed by atoms with E-state index < -0.39 is 0 Å². The predicted molar refractivity (Wildman–Crippen MR) is 95.1 cm³/mol. The van der Waals surface area contributed by atoms with Crippen LogP contribution in [0.5, 0.6) is 11.5 Å². The number of fused-ring (bicyclic) bond motifs is 2. The van der Waals surface area contributed by atoms with Gasteiger partial charge in [0.2, 0.25) is 5.91 Å². The standard InChI is InChI=1S/C21H23NO2/c23-21(14-17-13-15-6-7-16(17)12-15)22-18-8-10-20(11-9-18)24-19-4-2-1-3-5-19/h1-5,8-11,15-17H,6-7,12-14H2,(H,22,23). The first-order valence-electron chi connectivity index (χ1n) is 8.89. The van der Waals surface area contributed by atoms with Crippen LogP contribution in [-0.4, -0.2) is 5.91 Å².